The largest absolute Gasteiger partial charge is 0.393 e. The van der Waals surface area contributed by atoms with E-state index in [-0.39, 0.29) is 18.1 Å². The predicted molar refractivity (Wildman–Crippen MR) is 105 cm³/mol. The first kappa shape index (κ1) is 19.4. The molecule has 0 aliphatic carbocycles. The molecule has 1 aromatic heterocycles. The van der Waals surface area contributed by atoms with Crippen LogP contribution in [-0.4, -0.2) is 45.4 Å². The van der Waals surface area contributed by atoms with E-state index in [9.17, 15) is 9.90 Å². The molecule has 146 valence electrons. The number of aryl methyl sites for hydroxylation is 3. The van der Waals surface area contributed by atoms with Crippen LogP contribution in [-0.2, 0) is 13.0 Å². The lowest BCUT2D eigenvalue weighted by Gasteiger charge is -2.34. The van der Waals surface area contributed by atoms with Gasteiger partial charge in [-0.15, -0.1) is 0 Å². The number of aliphatic hydroxyl groups excluding tert-OH is 1. The average Bonchev–Trinajstić information content (AvgIpc) is 3.02. The van der Waals surface area contributed by atoms with Gasteiger partial charge >= 0.3 is 6.03 Å². The van der Waals surface area contributed by atoms with E-state index in [1.807, 2.05) is 36.9 Å². The highest BCUT2D eigenvalue weighted by atomic mass is 16.3. The number of benzene rings is 1. The zero-order valence-electron chi connectivity index (χ0n) is 16.2. The molecule has 1 atom stereocenters. The van der Waals surface area contributed by atoms with Crippen molar-refractivity contribution in [2.75, 3.05) is 13.1 Å². The van der Waals surface area contributed by atoms with Crippen molar-refractivity contribution >= 4 is 6.03 Å². The topological polar surface area (TPSA) is 81.2 Å². The van der Waals surface area contributed by atoms with Crippen LogP contribution in [0.25, 0.3) is 0 Å². The van der Waals surface area contributed by atoms with Crippen molar-refractivity contribution < 1.29 is 9.90 Å². The van der Waals surface area contributed by atoms with E-state index < -0.39 is 0 Å². The number of carbonyl (C=O) groups is 1. The number of aromatic amines is 1. The Morgan fingerprint density at radius 3 is 2.63 bits per heavy atom. The first-order valence-corrected chi connectivity index (χ1v) is 9.80. The minimum Gasteiger partial charge on any atom is -0.393 e. The molecule has 2 heterocycles. The zero-order valence-corrected chi connectivity index (χ0v) is 16.2. The van der Waals surface area contributed by atoms with Crippen molar-refractivity contribution in [1.29, 1.82) is 0 Å². The number of nitrogens with one attached hydrogen (secondary N) is 2. The number of nitrogens with zero attached hydrogens (tertiary/aromatic N) is 2. The maximum absolute atomic E-state index is 12.4. The van der Waals surface area contributed by atoms with Gasteiger partial charge in [-0.05, 0) is 51.0 Å². The molecule has 0 radical (unpaired) electrons. The summed E-state index contributed by atoms with van der Waals surface area (Å²) in [6, 6.07) is 10.2. The fourth-order valence-electron chi connectivity index (χ4n) is 3.79. The van der Waals surface area contributed by atoms with Crippen molar-refractivity contribution in [3.63, 3.8) is 0 Å². The number of urea groups is 1. The molecule has 1 aromatic carbocycles. The Morgan fingerprint density at radius 2 is 2.00 bits per heavy atom. The second-order valence-electron chi connectivity index (χ2n) is 7.49. The number of likely N-dealkylation sites (tertiary alicyclic amines) is 1. The van der Waals surface area contributed by atoms with E-state index >= 15 is 0 Å². The third-order valence-electron chi connectivity index (χ3n) is 5.64. The summed E-state index contributed by atoms with van der Waals surface area (Å²) in [5.74, 6) is 0.274. The summed E-state index contributed by atoms with van der Waals surface area (Å²) < 4.78 is 0. The monoisotopic (exact) mass is 370 g/mol. The highest BCUT2D eigenvalue weighted by molar-refractivity contribution is 5.74. The third kappa shape index (κ3) is 5.10. The van der Waals surface area contributed by atoms with Gasteiger partial charge in [-0.2, -0.15) is 5.10 Å². The van der Waals surface area contributed by atoms with Crippen molar-refractivity contribution in [1.82, 2.24) is 20.4 Å². The van der Waals surface area contributed by atoms with Crippen molar-refractivity contribution in [2.24, 2.45) is 5.92 Å². The van der Waals surface area contributed by atoms with Crippen molar-refractivity contribution in [2.45, 2.75) is 52.2 Å². The summed E-state index contributed by atoms with van der Waals surface area (Å²) in [6.45, 7) is 5.79. The second kappa shape index (κ2) is 9.04. The van der Waals surface area contributed by atoms with Crippen LogP contribution >= 0.6 is 0 Å². The standard InChI is InChI=1S/C21H30N4O2/c1-15-19(16(2)24-23-15)14-22-21(27)25-12-10-18(11-13-25)20(26)9-8-17-6-4-3-5-7-17/h3-7,18,20,26H,8-14H2,1-2H3,(H,22,27)(H,23,24)/t20-/m0/s1. The molecular weight excluding hydrogens is 340 g/mol. The molecule has 27 heavy (non-hydrogen) atoms. The number of aromatic nitrogens is 2. The molecule has 0 unspecified atom stereocenters. The minimum atomic E-state index is -0.299. The van der Waals surface area contributed by atoms with Gasteiger partial charge in [0.15, 0.2) is 0 Å². The first-order valence-electron chi connectivity index (χ1n) is 9.80. The molecule has 3 rings (SSSR count). The van der Waals surface area contributed by atoms with Gasteiger partial charge in [0, 0.05) is 30.9 Å². The van der Waals surface area contributed by atoms with Gasteiger partial charge in [0.2, 0.25) is 0 Å². The van der Waals surface area contributed by atoms with Gasteiger partial charge in [0.05, 0.1) is 11.8 Å². The molecule has 2 aromatic rings. The van der Waals surface area contributed by atoms with Gasteiger partial charge in [-0.1, -0.05) is 30.3 Å². The fraction of sp³-hybridized carbons (Fsp3) is 0.524. The Labute approximate surface area is 161 Å². The van der Waals surface area contributed by atoms with E-state index in [1.165, 1.54) is 5.56 Å². The molecule has 1 fully saturated rings. The third-order valence-corrected chi connectivity index (χ3v) is 5.64. The molecule has 0 bridgehead atoms. The van der Waals surface area contributed by atoms with Gasteiger partial charge in [0.25, 0.3) is 0 Å². The van der Waals surface area contributed by atoms with Crippen LogP contribution in [0.2, 0.25) is 0 Å². The van der Waals surface area contributed by atoms with Crippen LogP contribution in [0.3, 0.4) is 0 Å². The Hall–Kier alpha value is -2.34. The molecule has 0 spiro atoms. The molecular formula is C21H30N4O2. The smallest absolute Gasteiger partial charge is 0.317 e. The van der Waals surface area contributed by atoms with Crippen molar-refractivity contribution in [3.05, 3.63) is 52.8 Å². The van der Waals surface area contributed by atoms with Crippen molar-refractivity contribution in [3.8, 4) is 0 Å². The van der Waals surface area contributed by atoms with Gasteiger partial charge in [-0.25, -0.2) is 4.79 Å². The van der Waals surface area contributed by atoms with Crippen LogP contribution in [0, 0.1) is 19.8 Å². The molecule has 1 saturated heterocycles. The quantitative estimate of drug-likeness (QED) is 0.731. The molecule has 6 nitrogen and oxygen atoms in total. The minimum absolute atomic E-state index is 0.0350. The molecule has 1 aliphatic rings. The van der Waals surface area contributed by atoms with Gasteiger partial charge in [0.1, 0.15) is 0 Å². The van der Waals surface area contributed by atoms with Gasteiger partial charge in [-0.3, -0.25) is 5.10 Å². The first-order chi connectivity index (χ1) is 13.0. The Kier molecular flexibility index (Phi) is 6.50. The Balaban J connectivity index is 1.40. The highest BCUT2D eigenvalue weighted by Gasteiger charge is 2.27. The van der Waals surface area contributed by atoms with E-state index in [4.69, 9.17) is 0 Å². The van der Waals surface area contributed by atoms with E-state index in [2.05, 4.69) is 27.6 Å². The van der Waals surface area contributed by atoms with Crippen LogP contribution in [0.1, 0.15) is 41.8 Å². The number of amides is 2. The lowest BCUT2D eigenvalue weighted by molar-refractivity contribution is 0.0610. The Bertz CT molecular complexity index is 716. The van der Waals surface area contributed by atoms with E-state index in [0.29, 0.717) is 19.6 Å². The molecule has 6 heteroatoms. The SMILES string of the molecule is Cc1n[nH]c(C)c1CNC(=O)N1CCC([C@@H](O)CCc2ccccc2)CC1. The van der Waals surface area contributed by atoms with Gasteiger partial charge < -0.3 is 15.3 Å². The summed E-state index contributed by atoms with van der Waals surface area (Å²) in [7, 11) is 0. The Morgan fingerprint density at radius 1 is 1.30 bits per heavy atom. The molecule has 0 saturated carbocycles. The number of H-pyrrole nitrogens is 1. The summed E-state index contributed by atoms with van der Waals surface area (Å²) in [5.41, 5.74) is 4.23. The van der Waals surface area contributed by atoms with Crippen LogP contribution < -0.4 is 5.32 Å². The predicted octanol–water partition coefficient (Wildman–Crippen LogP) is 2.94. The lowest BCUT2D eigenvalue weighted by atomic mass is 9.88. The number of piperidine rings is 1. The summed E-state index contributed by atoms with van der Waals surface area (Å²) in [6.07, 6.45) is 3.08. The normalized spacial score (nSPS) is 16.3. The van der Waals surface area contributed by atoms with Crippen LogP contribution in [0.5, 0.6) is 0 Å². The fourth-order valence-corrected chi connectivity index (χ4v) is 3.79. The number of carbonyl (C=O) groups excluding carboxylic acids is 1. The van der Waals surface area contributed by atoms with E-state index in [0.717, 1.165) is 42.6 Å². The molecule has 3 N–H and O–H groups in total. The second-order valence-corrected chi connectivity index (χ2v) is 7.49. The molecule has 1 aliphatic heterocycles. The van der Waals surface area contributed by atoms with Crippen LogP contribution in [0.4, 0.5) is 4.79 Å². The highest BCUT2D eigenvalue weighted by Crippen LogP contribution is 2.23. The number of hydrogen-bond donors (Lipinski definition) is 3. The van der Waals surface area contributed by atoms with E-state index in [1.54, 1.807) is 0 Å². The summed E-state index contributed by atoms with van der Waals surface area (Å²) in [4.78, 5) is 14.3. The van der Waals surface area contributed by atoms with Crippen LogP contribution in [0.15, 0.2) is 30.3 Å². The zero-order chi connectivity index (χ0) is 19.2. The maximum atomic E-state index is 12.4. The lowest BCUT2D eigenvalue weighted by Crippen LogP contribution is -2.45. The average molecular weight is 370 g/mol. The summed E-state index contributed by atoms with van der Waals surface area (Å²) >= 11 is 0. The number of aliphatic hydroxyl groups is 1. The summed E-state index contributed by atoms with van der Waals surface area (Å²) in [5, 5.41) is 20.6. The maximum Gasteiger partial charge on any atom is 0.317 e. The number of rotatable bonds is 6. The molecule has 2 amide bonds. The number of hydrogen-bond acceptors (Lipinski definition) is 3.